The predicted molar refractivity (Wildman–Crippen MR) is 75.7 cm³/mol. The van der Waals surface area contributed by atoms with Crippen molar-refractivity contribution in [2.45, 2.75) is 73.1 Å². The van der Waals surface area contributed by atoms with Crippen molar-refractivity contribution in [1.29, 1.82) is 0 Å². The molecule has 1 heterocycles. The molecule has 1 aromatic heterocycles. The second kappa shape index (κ2) is 6.78. The smallest absolute Gasteiger partial charge is 0.0438 e. The van der Waals surface area contributed by atoms with Crippen molar-refractivity contribution in [3.63, 3.8) is 0 Å². The summed E-state index contributed by atoms with van der Waals surface area (Å²) < 4.78 is 0. The summed E-state index contributed by atoms with van der Waals surface area (Å²) in [4.78, 5) is 4.82. The van der Waals surface area contributed by atoms with Gasteiger partial charge < -0.3 is 0 Å². The normalized spacial score (nSPS) is 10.9. The molecule has 96 valence electrons. The van der Waals surface area contributed by atoms with E-state index in [1.807, 2.05) is 0 Å². The zero-order valence-corrected chi connectivity index (χ0v) is 12.2. The zero-order valence-electron chi connectivity index (χ0n) is 12.2. The summed E-state index contributed by atoms with van der Waals surface area (Å²) in [5, 5.41) is 0. The average Bonchev–Trinajstić information content (AvgIpc) is 2.33. The van der Waals surface area contributed by atoms with Crippen molar-refractivity contribution in [3.8, 4) is 0 Å². The molecule has 1 heteroatoms. The molecule has 0 fully saturated rings. The molecule has 1 rings (SSSR count). The van der Waals surface area contributed by atoms with Crippen molar-refractivity contribution in [1.82, 2.24) is 4.98 Å². The number of rotatable bonds is 6. The summed E-state index contributed by atoms with van der Waals surface area (Å²) in [6.45, 7) is 11.2. The monoisotopic (exact) mass is 233 g/mol. The molecule has 0 saturated carbocycles. The van der Waals surface area contributed by atoms with E-state index >= 15 is 0 Å². The topological polar surface area (TPSA) is 12.9 Å². The van der Waals surface area contributed by atoms with Gasteiger partial charge in [0, 0.05) is 11.4 Å². The van der Waals surface area contributed by atoms with E-state index < -0.39 is 0 Å². The minimum atomic E-state index is 1.06. The number of pyridine rings is 1. The fourth-order valence-corrected chi connectivity index (χ4v) is 2.76. The van der Waals surface area contributed by atoms with E-state index in [1.165, 1.54) is 48.2 Å². The lowest BCUT2D eigenvalue weighted by molar-refractivity contribution is 0.803. The molecular formula is C16H27N. The Bertz CT molecular complexity index is 366. The number of nitrogens with zero attached hydrogens (tertiary/aromatic N) is 1. The van der Waals surface area contributed by atoms with Crippen LogP contribution in [0.25, 0.3) is 0 Å². The van der Waals surface area contributed by atoms with Gasteiger partial charge in [-0.2, -0.15) is 0 Å². The lowest BCUT2D eigenvalue weighted by atomic mass is 9.91. The highest BCUT2D eigenvalue weighted by molar-refractivity contribution is 5.41. The van der Waals surface area contributed by atoms with E-state index in [0.29, 0.717) is 0 Å². The van der Waals surface area contributed by atoms with Crippen LogP contribution < -0.4 is 0 Å². The van der Waals surface area contributed by atoms with Crippen molar-refractivity contribution < 1.29 is 0 Å². The molecule has 0 bridgehead atoms. The maximum atomic E-state index is 4.82. The second-order valence-electron chi connectivity index (χ2n) is 4.79. The number of aryl methyl sites for hydroxylation is 2. The minimum absolute atomic E-state index is 1.06. The van der Waals surface area contributed by atoms with E-state index in [-0.39, 0.29) is 0 Å². The second-order valence-corrected chi connectivity index (χ2v) is 4.79. The first-order valence-corrected chi connectivity index (χ1v) is 7.19. The van der Waals surface area contributed by atoms with Crippen LogP contribution in [0, 0.1) is 6.92 Å². The van der Waals surface area contributed by atoms with Gasteiger partial charge in [0.1, 0.15) is 0 Å². The maximum absolute atomic E-state index is 4.82. The molecule has 1 nitrogen and oxygen atoms in total. The molecular weight excluding hydrogens is 206 g/mol. The highest BCUT2D eigenvalue weighted by atomic mass is 14.7. The molecule has 0 aliphatic carbocycles. The van der Waals surface area contributed by atoms with Gasteiger partial charge in [0.15, 0.2) is 0 Å². The molecule has 0 unspecified atom stereocenters. The van der Waals surface area contributed by atoms with Crippen molar-refractivity contribution >= 4 is 0 Å². The Kier molecular flexibility index (Phi) is 5.67. The third-order valence-corrected chi connectivity index (χ3v) is 3.50. The van der Waals surface area contributed by atoms with Gasteiger partial charge in [0.2, 0.25) is 0 Å². The zero-order chi connectivity index (χ0) is 12.8. The molecule has 0 spiro atoms. The molecule has 17 heavy (non-hydrogen) atoms. The third-order valence-electron chi connectivity index (χ3n) is 3.50. The Labute approximate surface area is 107 Å². The van der Waals surface area contributed by atoms with E-state index in [0.717, 1.165) is 12.8 Å². The van der Waals surface area contributed by atoms with Gasteiger partial charge in [-0.3, -0.25) is 4.98 Å². The summed E-state index contributed by atoms with van der Waals surface area (Å²) in [6.07, 6.45) is 7.04. The van der Waals surface area contributed by atoms with Crippen LogP contribution >= 0.6 is 0 Å². The first-order valence-electron chi connectivity index (χ1n) is 7.19. The number of aromatic nitrogens is 1. The molecule has 0 amide bonds. The van der Waals surface area contributed by atoms with Gasteiger partial charge in [-0.05, 0) is 49.3 Å². The van der Waals surface area contributed by atoms with Gasteiger partial charge in [0.05, 0.1) is 0 Å². The summed E-state index contributed by atoms with van der Waals surface area (Å²) >= 11 is 0. The van der Waals surface area contributed by atoms with Crippen molar-refractivity contribution in [3.05, 3.63) is 28.1 Å². The van der Waals surface area contributed by atoms with E-state index in [1.54, 1.807) is 5.56 Å². The number of hydrogen-bond acceptors (Lipinski definition) is 1. The van der Waals surface area contributed by atoms with Crippen LogP contribution in [0.5, 0.6) is 0 Å². The molecule has 0 aromatic carbocycles. The van der Waals surface area contributed by atoms with E-state index in [4.69, 9.17) is 4.98 Å². The summed E-state index contributed by atoms with van der Waals surface area (Å²) in [6, 6.07) is 0. The molecule has 0 aliphatic rings. The largest absolute Gasteiger partial charge is 0.258 e. The first kappa shape index (κ1) is 14.2. The Morgan fingerprint density at radius 1 is 0.765 bits per heavy atom. The SMILES string of the molecule is CCCc1c(C)nc(CC)c(CC)c1CCC. The van der Waals surface area contributed by atoms with Gasteiger partial charge in [-0.15, -0.1) is 0 Å². The highest BCUT2D eigenvalue weighted by Crippen LogP contribution is 2.24. The molecule has 0 saturated heterocycles. The van der Waals surface area contributed by atoms with Gasteiger partial charge >= 0.3 is 0 Å². The third kappa shape index (κ3) is 3.08. The van der Waals surface area contributed by atoms with E-state index in [2.05, 4.69) is 34.6 Å². The first-order chi connectivity index (χ1) is 8.19. The quantitative estimate of drug-likeness (QED) is 0.709. The summed E-state index contributed by atoms with van der Waals surface area (Å²) in [7, 11) is 0. The maximum Gasteiger partial charge on any atom is 0.0438 e. The van der Waals surface area contributed by atoms with Crippen LogP contribution in [0.3, 0.4) is 0 Å². The van der Waals surface area contributed by atoms with Gasteiger partial charge in [0.25, 0.3) is 0 Å². The predicted octanol–water partition coefficient (Wildman–Crippen LogP) is 4.42. The number of hydrogen-bond donors (Lipinski definition) is 0. The molecule has 0 aliphatic heterocycles. The Morgan fingerprint density at radius 3 is 1.82 bits per heavy atom. The van der Waals surface area contributed by atoms with Crippen LogP contribution in [-0.4, -0.2) is 4.98 Å². The minimum Gasteiger partial charge on any atom is -0.258 e. The Hall–Kier alpha value is -0.850. The van der Waals surface area contributed by atoms with Crippen LogP contribution in [0.2, 0.25) is 0 Å². The Morgan fingerprint density at radius 2 is 1.35 bits per heavy atom. The molecule has 0 N–H and O–H groups in total. The lowest BCUT2D eigenvalue weighted by Gasteiger charge is -2.18. The van der Waals surface area contributed by atoms with Gasteiger partial charge in [-0.1, -0.05) is 40.5 Å². The highest BCUT2D eigenvalue weighted by Gasteiger charge is 2.14. The van der Waals surface area contributed by atoms with Crippen LogP contribution in [0.1, 0.15) is 68.6 Å². The fraction of sp³-hybridized carbons (Fsp3) is 0.688. The summed E-state index contributed by atoms with van der Waals surface area (Å²) in [5.74, 6) is 0. The molecule has 0 radical (unpaired) electrons. The van der Waals surface area contributed by atoms with Crippen molar-refractivity contribution in [2.75, 3.05) is 0 Å². The summed E-state index contributed by atoms with van der Waals surface area (Å²) in [5.41, 5.74) is 7.27. The van der Waals surface area contributed by atoms with Gasteiger partial charge in [-0.25, -0.2) is 0 Å². The average molecular weight is 233 g/mol. The standard InChI is InChI=1S/C16H27N/c1-6-10-14-12(5)17-16(9-4)13(8-3)15(14)11-7-2/h6-11H2,1-5H3. The fourth-order valence-electron chi connectivity index (χ4n) is 2.76. The van der Waals surface area contributed by atoms with E-state index in [9.17, 15) is 0 Å². The van der Waals surface area contributed by atoms with Crippen LogP contribution in [-0.2, 0) is 25.7 Å². The van der Waals surface area contributed by atoms with Crippen LogP contribution in [0.4, 0.5) is 0 Å². The lowest BCUT2D eigenvalue weighted by Crippen LogP contribution is -2.09. The Balaban J connectivity index is 3.37. The molecule has 0 atom stereocenters. The van der Waals surface area contributed by atoms with Crippen molar-refractivity contribution in [2.24, 2.45) is 0 Å². The van der Waals surface area contributed by atoms with Crippen LogP contribution in [0.15, 0.2) is 0 Å². The molecule has 1 aromatic rings.